The normalized spacial score (nSPS) is 15.6. The van der Waals surface area contributed by atoms with Gasteiger partial charge in [-0.05, 0) is 31.0 Å². The van der Waals surface area contributed by atoms with E-state index in [2.05, 4.69) is 26.6 Å². The summed E-state index contributed by atoms with van der Waals surface area (Å²) in [5, 5.41) is 13.7. The Morgan fingerprint density at radius 1 is 1.35 bits per heavy atom. The first-order valence-corrected chi connectivity index (χ1v) is 6.90. The van der Waals surface area contributed by atoms with E-state index in [1.165, 1.54) is 12.1 Å². The fourth-order valence-electron chi connectivity index (χ4n) is 1.69. The maximum Gasteiger partial charge on any atom is 0.313 e. The molecule has 1 aliphatic carbocycles. The van der Waals surface area contributed by atoms with Gasteiger partial charge in [-0.15, -0.1) is 0 Å². The van der Waals surface area contributed by atoms with Crippen molar-refractivity contribution in [2.45, 2.75) is 12.8 Å². The molecule has 0 saturated heterocycles. The number of carbonyl (C=O) groups is 2. The van der Waals surface area contributed by atoms with E-state index in [1.807, 2.05) is 0 Å². The fourth-order valence-corrected chi connectivity index (χ4v) is 2.02. The number of aliphatic hydroxyl groups excluding tert-OH is 1. The average molecular weight is 345 g/mol. The second kappa shape index (κ2) is 5.88. The number of hydrogen-bond donors (Lipinski definition) is 3. The number of nitrogens with one attached hydrogen (secondary N) is 2. The molecule has 0 atom stereocenters. The largest absolute Gasteiger partial charge is 0.396 e. The van der Waals surface area contributed by atoms with Crippen LogP contribution in [-0.4, -0.2) is 30.1 Å². The number of carbonyl (C=O) groups excluding carboxylic acids is 2. The van der Waals surface area contributed by atoms with Gasteiger partial charge in [-0.2, -0.15) is 0 Å². The Balaban J connectivity index is 1.89. The highest BCUT2D eigenvalue weighted by Gasteiger charge is 2.42. The molecule has 3 N–H and O–H groups in total. The zero-order valence-electron chi connectivity index (χ0n) is 10.6. The zero-order valence-corrected chi connectivity index (χ0v) is 12.2. The lowest BCUT2D eigenvalue weighted by Gasteiger charge is -2.12. The molecule has 1 fully saturated rings. The average Bonchev–Trinajstić information content (AvgIpc) is 3.20. The third-order valence-corrected chi connectivity index (χ3v) is 3.80. The van der Waals surface area contributed by atoms with Crippen molar-refractivity contribution in [3.8, 4) is 0 Å². The molecule has 108 valence electrons. The van der Waals surface area contributed by atoms with Crippen molar-refractivity contribution in [3.05, 3.63) is 28.5 Å². The molecular weight excluding hydrogens is 331 g/mol. The number of hydrogen-bond acceptors (Lipinski definition) is 3. The molecule has 1 aromatic carbocycles. The van der Waals surface area contributed by atoms with Crippen LogP contribution in [-0.2, 0) is 9.59 Å². The van der Waals surface area contributed by atoms with E-state index in [0.29, 0.717) is 4.47 Å². The third-order valence-electron chi connectivity index (χ3n) is 3.30. The second-order valence-electron chi connectivity index (χ2n) is 4.92. The van der Waals surface area contributed by atoms with Crippen molar-refractivity contribution in [1.29, 1.82) is 0 Å². The minimum atomic E-state index is -0.931. The van der Waals surface area contributed by atoms with Gasteiger partial charge in [0.1, 0.15) is 5.82 Å². The van der Waals surface area contributed by atoms with Gasteiger partial charge in [0, 0.05) is 16.4 Å². The van der Waals surface area contributed by atoms with Crippen molar-refractivity contribution >= 4 is 33.4 Å². The first-order chi connectivity index (χ1) is 9.46. The van der Waals surface area contributed by atoms with Gasteiger partial charge in [0.15, 0.2) is 0 Å². The lowest BCUT2D eigenvalue weighted by Crippen LogP contribution is -2.39. The van der Waals surface area contributed by atoms with Crippen molar-refractivity contribution < 1.29 is 19.1 Å². The van der Waals surface area contributed by atoms with Crippen molar-refractivity contribution in [3.63, 3.8) is 0 Å². The van der Waals surface area contributed by atoms with E-state index in [4.69, 9.17) is 5.11 Å². The van der Waals surface area contributed by atoms with Gasteiger partial charge >= 0.3 is 11.8 Å². The number of anilines is 1. The van der Waals surface area contributed by atoms with Crippen LogP contribution in [0.5, 0.6) is 0 Å². The Kier molecular flexibility index (Phi) is 4.39. The van der Waals surface area contributed by atoms with Gasteiger partial charge in [0.05, 0.1) is 12.3 Å². The lowest BCUT2D eigenvalue weighted by molar-refractivity contribution is -0.136. The minimum absolute atomic E-state index is 0.0176. The summed E-state index contributed by atoms with van der Waals surface area (Å²) in [6.07, 6.45) is 1.65. The van der Waals surface area contributed by atoms with Gasteiger partial charge in [-0.1, -0.05) is 15.9 Å². The number of aliphatic hydroxyl groups is 1. The molecule has 0 spiro atoms. The summed E-state index contributed by atoms with van der Waals surface area (Å²) in [5.74, 6) is -2.40. The first kappa shape index (κ1) is 14.9. The van der Waals surface area contributed by atoms with Crippen molar-refractivity contribution in [2.75, 3.05) is 18.5 Å². The molecule has 0 radical (unpaired) electrons. The Morgan fingerprint density at radius 2 is 2.05 bits per heavy atom. The Bertz CT molecular complexity index is 546. The summed E-state index contributed by atoms with van der Waals surface area (Å²) in [7, 11) is 0. The summed E-state index contributed by atoms with van der Waals surface area (Å²) in [5.41, 5.74) is -0.338. The molecule has 5 nitrogen and oxygen atoms in total. The van der Waals surface area contributed by atoms with Gasteiger partial charge in [0.2, 0.25) is 0 Å². The van der Waals surface area contributed by atoms with Crippen LogP contribution >= 0.6 is 15.9 Å². The van der Waals surface area contributed by atoms with Crippen LogP contribution in [0.4, 0.5) is 10.1 Å². The number of amides is 2. The minimum Gasteiger partial charge on any atom is -0.396 e. The molecule has 20 heavy (non-hydrogen) atoms. The standard InChI is InChI=1S/C13H14BrFN2O3/c14-8-1-2-10(9(15)5-8)17-12(20)11(19)16-6-13(7-18)3-4-13/h1-2,5,18H,3-4,6-7H2,(H,16,19)(H,17,20). The van der Waals surface area contributed by atoms with E-state index in [0.717, 1.165) is 12.8 Å². The van der Waals surface area contributed by atoms with E-state index in [-0.39, 0.29) is 24.3 Å². The molecule has 0 aromatic heterocycles. The quantitative estimate of drug-likeness (QED) is 0.722. The summed E-state index contributed by atoms with van der Waals surface area (Å²) in [6.45, 7) is 0.231. The SMILES string of the molecule is O=C(NCC1(CO)CC1)C(=O)Nc1ccc(Br)cc1F. The predicted octanol–water partition coefficient (Wildman–Crippen LogP) is 1.42. The molecule has 0 aliphatic heterocycles. The molecule has 2 amide bonds. The van der Waals surface area contributed by atoms with Crippen LogP contribution in [0.25, 0.3) is 0 Å². The van der Waals surface area contributed by atoms with Crippen molar-refractivity contribution in [1.82, 2.24) is 5.32 Å². The topological polar surface area (TPSA) is 78.4 Å². The van der Waals surface area contributed by atoms with Gasteiger partial charge in [0.25, 0.3) is 0 Å². The first-order valence-electron chi connectivity index (χ1n) is 6.11. The smallest absolute Gasteiger partial charge is 0.313 e. The molecule has 0 heterocycles. The predicted molar refractivity (Wildman–Crippen MR) is 74.5 cm³/mol. The fraction of sp³-hybridized carbons (Fsp3) is 0.385. The Morgan fingerprint density at radius 3 is 2.60 bits per heavy atom. The highest BCUT2D eigenvalue weighted by molar-refractivity contribution is 9.10. The molecular formula is C13H14BrFN2O3. The summed E-state index contributed by atoms with van der Waals surface area (Å²) in [4.78, 5) is 23.2. The van der Waals surface area contributed by atoms with Crippen molar-refractivity contribution in [2.24, 2.45) is 5.41 Å². The van der Waals surface area contributed by atoms with Gasteiger partial charge in [-0.25, -0.2) is 4.39 Å². The maximum atomic E-state index is 13.5. The van der Waals surface area contributed by atoms with Gasteiger partial charge in [-0.3, -0.25) is 9.59 Å². The van der Waals surface area contributed by atoms with E-state index in [1.54, 1.807) is 6.07 Å². The molecule has 2 rings (SSSR count). The second-order valence-corrected chi connectivity index (χ2v) is 5.83. The van der Waals surface area contributed by atoms with Crippen LogP contribution in [0, 0.1) is 11.2 Å². The van der Waals surface area contributed by atoms with Crippen LogP contribution in [0.1, 0.15) is 12.8 Å². The lowest BCUT2D eigenvalue weighted by atomic mass is 10.1. The third kappa shape index (κ3) is 3.55. The molecule has 0 bridgehead atoms. The molecule has 1 aliphatic rings. The summed E-state index contributed by atoms with van der Waals surface area (Å²) >= 11 is 3.10. The van der Waals surface area contributed by atoms with E-state index < -0.39 is 17.6 Å². The highest BCUT2D eigenvalue weighted by atomic mass is 79.9. The van der Waals surface area contributed by atoms with E-state index >= 15 is 0 Å². The van der Waals surface area contributed by atoms with E-state index in [9.17, 15) is 14.0 Å². The number of halogens is 2. The van der Waals surface area contributed by atoms with Crippen LogP contribution in [0.3, 0.4) is 0 Å². The monoisotopic (exact) mass is 344 g/mol. The number of benzene rings is 1. The maximum absolute atomic E-state index is 13.5. The zero-order chi connectivity index (χ0) is 14.8. The number of rotatable bonds is 4. The Labute approximate surface area is 123 Å². The van der Waals surface area contributed by atoms with Crippen LogP contribution in [0.15, 0.2) is 22.7 Å². The highest BCUT2D eigenvalue weighted by Crippen LogP contribution is 2.44. The molecule has 1 saturated carbocycles. The summed E-state index contributed by atoms with van der Waals surface area (Å²) in [6, 6.07) is 4.11. The van der Waals surface area contributed by atoms with Crippen LogP contribution in [0.2, 0.25) is 0 Å². The molecule has 7 heteroatoms. The van der Waals surface area contributed by atoms with Crippen LogP contribution < -0.4 is 10.6 Å². The summed E-state index contributed by atoms with van der Waals surface area (Å²) < 4.78 is 14.0. The molecule has 0 unspecified atom stereocenters. The van der Waals surface area contributed by atoms with Gasteiger partial charge < -0.3 is 15.7 Å². The Hall–Kier alpha value is -1.47. The molecule has 1 aromatic rings.